The molecule has 0 unspecified atom stereocenters. The Morgan fingerprint density at radius 3 is 2.71 bits per heavy atom. The standard InChI is InChI=1S/C13H26N2O2/c1-13(4-9-16-10-5-13)15-8-11-17-12-2-6-14-7-3-12/h12,14-15H,2-11H2,1H3. The Morgan fingerprint density at radius 2 is 2.00 bits per heavy atom. The van der Waals surface area contributed by atoms with Crippen LogP contribution in [0.1, 0.15) is 32.6 Å². The lowest BCUT2D eigenvalue weighted by Crippen LogP contribution is -2.48. The molecule has 0 atom stereocenters. The van der Waals surface area contributed by atoms with E-state index in [1.54, 1.807) is 0 Å². The lowest BCUT2D eigenvalue weighted by molar-refractivity contribution is 0.0187. The van der Waals surface area contributed by atoms with Gasteiger partial charge in [-0.3, -0.25) is 0 Å². The molecule has 2 fully saturated rings. The monoisotopic (exact) mass is 242 g/mol. The Balaban J connectivity index is 1.55. The summed E-state index contributed by atoms with van der Waals surface area (Å²) >= 11 is 0. The van der Waals surface area contributed by atoms with Crippen LogP contribution in [0, 0.1) is 0 Å². The summed E-state index contributed by atoms with van der Waals surface area (Å²) in [5, 5.41) is 6.97. The Kier molecular flexibility index (Phi) is 5.22. The van der Waals surface area contributed by atoms with Crippen LogP contribution >= 0.6 is 0 Å². The highest BCUT2D eigenvalue weighted by atomic mass is 16.5. The Hall–Kier alpha value is -0.160. The van der Waals surface area contributed by atoms with Gasteiger partial charge in [0.2, 0.25) is 0 Å². The molecule has 100 valence electrons. The summed E-state index contributed by atoms with van der Waals surface area (Å²) in [7, 11) is 0. The van der Waals surface area contributed by atoms with Crippen molar-refractivity contribution in [2.24, 2.45) is 0 Å². The number of rotatable bonds is 5. The average molecular weight is 242 g/mol. The maximum atomic E-state index is 5.89. The molecule has 17 heavy (non-hydrogen) atoms. The minimum Gasteiger partial charge on any atom is -0.381 e. The van der Waals surface area contributed by atoms with Crippen LogP contribution in [-0.2, 0) is 9.47 Å². The molecular weight excluding hydrogens is 216 g/mol. The Bertz CT molecular complexity index is 211. The molecule has 4 nitrogen and oxygen atoms in total. The van der Waals surface area contributed by atoms with Gasteiger partial charge in [-0.15, -0.1) is 0 Å². The molecule has 0 bridgehead atoms. The summed E-state index contributed by atoms with van der Waals surface area (Å²) in [6.07, 6.45) is 5.01. The third kappa shape index (κ3) is 4.54. The van der Waals surface area contributed by atoms with Crippen LogP contribution < -0.4 is 10.6 Å². The minimum atomic E-state index is 0.260. The van der Waals surface area contributed by atoms with Crippen molar-refractivity contribution >= 4 is 0 Å². The molecule has 2 aliphatic rings. The van der Waals surface area contributed by atoms with Crippen molar-refractivity contribution in [2.75, 3.05) is 39.5 Å². The summed E-state index contributed by atoms with van der Waals surface area (Å²) < 4.78 is 11.3. The van der Waals surface area contributed by atoms with Gasteiger partial charge in [0.15, 0.2) is 0 Å². The highest BCUT2D eigenvalue weighted by molar-refractivity contribution is 4.85. The molecule has 2 aliphatic heterocycles. The summed E-state index contributed by atoms with van der Waals surface area (Å²) in [4.78, 5) is 0. The van der Waals surface area contributed by atoms with Crippen molar-refractivity contribution in [2.45, 2.75) is 44.2 Å². The molecular formula is C13H26N2O2. The van der Waals surface area contributed by atoms with Crippen molar-refractivity contribution in [3.8, 4) is 0 Å². The van der Waals surface area contributed by atoms with Crippen molar-refractivity contribution in [3.63, 3.8) is 0 Å². The van der Waals surface area contributed by atoms with Crippen LogP contribution in [-0.4, -0.2) is 51.1 Å². The van der Waals surface area contributed by atoms with E-state index >= 15 is 0 Å². The van der Waals surface area contributed by atoms with E-state index < -0.39 is 0 Å². The topological polar surface area (TPSA) is 42.5 Å². The van der Waals surface area contributed by atoms with Crippen molar-refractivity contribution in [3.05, 3.63) is 0 Å². The summed E-state index contributed by atoms with van der Waals surface area (Å²) in [5.41, 5.74) is 0.260. The molecule has 4 heteroatoms. The molecule has 0 saturated carbocycles. The first-order chi connectivity index (χ1) is 8.29. The number of nitrogens with one attached hydrogen (secondary N) is 2. The maximum absolute atomic E-state index is 5.89. The van der Waals surface area contributed by atoms with E-state index in [1.807, 2.05) is 0 Å². The van der Waals surface area contributed by atoms with E-state index in [4.69, 9.17) is 9.47 Å². The van der Waals surface area contributed by atoms with E-state index in [-0.39, 0.29) is 5.54 Å². The van der Waals surface area contributed by atoms with Crippen molar-refractivity contribution in [1.29, 1.82) is 0 Å². The summed E-state index contributed by atoms with van der Waals surface area (Å²) in [6.45, 7) is 8.07. The highest BCUT2D eigenvalue weighted by Gasteiger charge is 2.26. The van der Waals surface area contributed by atoms with Gasteiger partial charge in [-0.05, 0) is 45.7 Å². The fourth-order valence-corrected chi connectivity index (χ4v) is 2.54. The summed E-state index contributed by atoms with van der Waals surface area (Å²) in [5.74, 6) is 0. The van der Waals surface area contributed by atoms with Crippen molar-refractivity contribution < 1.29 is 9.47 Å². The third-order valence-corrected chi connectivity index (χ3v) is 3.89. The van der Waals surface area contributed by atoms with E-state index in [1.165, 1.54) is 0 Å². The van der Waals surface area contributed by atoms with Gasteiger partial charge >= 0.3 is 0 Å². The number of piperidine rings is 1. The van der Waals surface area contributed by atoms with E-state index in [2.05, 4.69) is 17.6 Å². The fourth-order valence-electron chi connectivity index (χ4n) is 2.54. The molecule has 0 aromatic rings. The van der Waals surface area contributed by atoms with Crippen LogP contribution in [0.15, 0.2) is 0 Å². The predicted octanol–water partition coefficient (Wildman–Crippen LogP) is 0.914. The Labute approximate surface area is 104 Å². The van der Waals surface area contributed by atoms with Crippen LogP contribution in [0.25, 0.3) is 0 Å². The van der Waals surface area contributed by atoms with Gasteiger partial charge in [0, 0.05) is 25.3 Å². The molecule has 2 saturated heterocycles. The highest BCUT2D eigenvalue weighted by Crippen LogP contribution is 2.19. The van der Waals surface area contributed by atoms with Gasteiger partial charge in [0.05, 0.1) is 12.7 Å². The van der Waals surface area contributed by atoms with Crippen LogP contribution in [0.5, 0.6) is 0 Å². The van der Waals surface area contributed by atoms with E-state index in [9.17, 15) is 0 Å². The van der Waals surface area contributed by atoms with E-state index in [0.717, 1.165) is 65.1 Å². The fraction of sp³-hybridized carbons (Fsp3) is 1.00. The molecule has 0 aromatic carbocycles. The Morgan fingerprint density at radius 1 is 1.29 bits per heavy atom. The van der Waals surface area contributed by atoms with Gasteiger partial charge in [-0.25, -0.2) is 0 Å². The minimum absolute atomic E-state index is 0.260. The molecule has 2 rings (SSSR count). The van der Waals surface area contributed by atoms with Crippen LogP contribution in [0.2, 0.25) is 0 Å². The number of ether oxygens (including phenoxy) is 2. The molecule has 0 radical (unpaired) electrons. The van der Waals surface area contributed by atoms with E-state index in [0.29, 0.717) is 6.10 Å². The third-order valence-electron chi connectivity index (χ3n) is 3.89. The molecule has 0 amide bonds. The van der Waals surface area contributed by atoms with Crippen molar-refractivity contribution in [1.82, 2.24) is 10.6 Å². The SMILES string of the molecule is CC1(NCCOC2CCNCC2)CCOCC1. The van der Waals surface area contributed by atoms with Crippen LogP contribution in [0.4, 0.5) is 0 Å². The second-order valence-corrected chi connectivity index (χ2v) is 5.42. The normalized spacial score (nSPS) is 25.9. The lowest BCUT2D eigenvalue weighted by Gasteiger charge is -2.35. The molecule has 2 N–H and O–H groups in total. The van der Waals surface area contributed by atoms with Gasteiger partial charge in [-0.2, -0.15) is 0 Å². The van der Waals surface area contributed by atoms with Crippen LogP contribution in [0.3, 0.4) is 0 Å². The van der Waals surface area contributed by atoms with Gasteiger partial charge < -0.3 is 20.1 Å². The maximum Gasteiger partial charge on any atom is 0.0600 e. The summed E-state index contributed by atoms with van der Waals surface area (Å²) in [6, 6.07) is 0. The predicted molar refractivity (Wildman–Crippen MR) is 68.3 cm³/mol. The zero-order valence-corrected chi connectivity index (χ0v) is 11.0. The van der Waals surface area contributed by atoms with Gasteiger partial charge in [-0.1, -0.05) is 0 Å². The lowest BCUT2D eigenvalue weighted by atomic mass is 9.93. The first-order valence-corrected chi connectivity index (χ1v) is 6.94. The zero-order valence-electron chi connectivity index (χ0n) is 11.0. The van der Waals surface area contributed by atoms with Gasteiger partial charge in [0.1, 0.15) is 0 Å². The molecule has 0 aliphatic carbocycles. The largest absolute Gasteiger partial charge is 0.381 e. The molecule has 0 aromatic heterocycles. The second-order valence-electron chi connectivity index (χ2n) is 5.42. The number of hydrogen-bond acceptors (Lipinski definition) is 4. The number of hydrogen-bond donors (Lipinski definition) is 2. The van der Waals surface area contributed by atoms with Gasteiger partial charge in [0.25, 0.3) is 0 Å². The zero-order chi connectivity index (χ0) is 12.0. The smallest absolute Gasteiger partial charge is 0.0600 e. The first-order valence-electron chi connectivity index (χ1n) is 6.94. The first kappa shape index (κ1) is 13.3. The molecule has 0 spiro atoms. The molecule has 2 heterocycles. The second kappa shape index (κ2) is 6.69. The quantitative estimate of drug-likeness (QED) is 0.703. The average Bonchev–Trinajstić information content (AvgIpc) is 2.37.